The van der Waals surface area contributed by atoms with Gasteiger partial charge in [0.05, 0.1) is 12.2 Å². The zero-order chi connectivity index (χ0) is 17.5. The maximum atomic E-state index is 12.6. The van der Waals surface area contributed by atoms with E-state index in [0.29, 0.717) is 23.0 Å². The van der Waals surface area contributed by atoms with Crippen LogP contribution in [0.5, 0.6) is 0 Å². The molecule has 2 aliphatic rings. The quantitative estimate of drug-likeness (QED) is 0.666. The molecule has 3 heterocycles. The van der Waals surface area contributed by atoms with Crippen LogP contribution in [0.4, 0.5) is 5.95 Å². The minimum absolute atomic E-state index is 0.0363. The fourth-order valence-corrected chi connectivity index (χ4v) is 4.22. The van der Waals surface area contributed by atoms with E-state index in [-0.39, 0.29) is 11.7 Å². The molecular formula is C19H22N6O. The molecule has 2 aromatic heterocycles. The number of aromatic nitrogens is 4. The highest BCUT2D eigenvalue weighted by Gasteiger charge is 2.27. The van der Waals surface area contributed by atoms with Gasteiger partial charge in [0, 0.05) is 6.54 Å². The largest absolute Gasteiger partial charge is 0.354 e. The molecule has 0 spiro atoms. The lowest BCUT2D eigenvalue weighted by Crippen LogP contribution is -2.22. The summed E-state index contributed by atoms with van der Waals surface area (Å²) in [5.74, 6) is 1.19. The van der Waals surface area contributed by atoms with Crippen molar-refractivity contribution in [1.82, 2.24) is 24.8 Å². The minimum atomic E-state index is -0.117. The molecule has 3 aromatic rings. The lowest BCUT2D eigenvalue weighted by atomic mass is 10.1. The molecule has 1 aliphatic heterocycles. The van der Waals surface area contributed by atoms with Crippen LogP contribution < -0.4 is 16.3 Å². The summed E-state index contributed by atoms with van der Waals surface area (Å²) < 4.78 is 1.80. The number of H-pyrrole nitrogens is 1. The lowest BCUT2D eigenvalue weighted by molar-refractivity contribution is 0.574. The summed E-state index contributed by atoms with van der Waals surface area (Å²) in [5, 5.41) is 6.70. The molecule has 7 heteroatoms. The van der Waals surface area contributed by atoms with Gasteiger partial charge in [0.2, 0.25) is 5.95 Å². The molecular weight excluding hydrogens is 328 g/mol. The number of nitrogens with zero attached hydrogens (tertiary/aromatic N) is 3. The van der Waals surface area contributed by atoms with E-state index in [1.807, 2.05) is 6.07 Å². The van der Waals surface area contributed by atoms with E-state index in [0.717, 1.165) is 32.5 Å². The number of imidazole rings is 1. The summed E-state index contributed by atoms with van der Waals surface area (Å²) in [5.41, 5.74) is 3.79. The van der Waals surface area contributed by atoms with Gasteiger partial charge in [0.1, 0.15) is 5.52 Å². The Morgan fingerprint density at radius 2 is 2.19 bits per heavy atom. The van der Waals surface area contributed by atoms with E-state index >= 15 is 0 Å². The Morgan fingerprint density at radius 3 is 3.08 bits per heavy atom. The summed E-state index contributed by atoms with van der Waals surface area (Å²) in [7, 11) is 0. The molecule has 0 radical (unpaired) electrons. The lowest BCUT2D eigenvalue weighted by Gasteiger charge is -2.14. The molecule has 26 heavy (non-hydrogen) atoms. The van der Waals surface area contributed by atoms with Gasteiger partial charge in [-0.25, -0.2) is 9.78 Å². The van der Waals surface area contributed by atoms with Crippen LogP contribution >= 0.6 is 0 Å². The Kier molecular flexibility index (Phi) is 3.74. The smallest absolute Gasteiger partial charge is 0.328 e. The normalized spacial score (nSPS) is 22.0. The first-order chi connectivity index (χ1) is 12.8. The first-order valence-corrected chi connectivity index (χ1v) is 9.29. The molecule has 0 bridgehead atoms. The summed E-state index contributed by atoms with van der Waals surface area (Å²) in [6.07, 6.45) is 4.79. The van der Waals surface area contributed by atoms with Crippen LogP contribution in [0.25, 0.3) is 11.2 Å². The third-order valence-corrected chi connectivity index (χ3v) is 5.58. The second-order valence-electron chi connectivity index (χ2n) is 7.22. The van der Waals surface area contributed by atoms with Gasteiger partial charge < -0.3 is 15.6 Å². The van der Waals surface area contributed by atoms with Gasteiger partial charge in [-0.15, -0.1) is 0 Å². The number of fused-ring (bicyclic) bond motifs is 2. The zero-order valence-electron chi connectivity index (χ0n) is 14.5. The van der Waals surface area contributed by atoms with E-state index in [9.17, 15) is 4.79 Å². The van der Waals surface area contributed by atoms with Crippen molar-refractivity contribution in [2.75, 3.05) is 25.0 Å². The Balaban J connectivity index is 1.50. The van der Waals surface area contributed by atoms with E-state index in [1.165, 1.54) is 17.5 Å². The van der Waals surface area contributed by atoms with Crippen LogP contribution in [0.1, 0.15) is 30.0 Å². The summed E-state index contributed by atoms with van der Waals surface area (Å²) in [6.45, 7) is 2.95. The van der Waals surface area contributed by atoms with Crippen LogP contribution in [0.3, 0.4) is 0 Å². The fraction of sp³-hybridized carbons (Fsp3) is 0.421. The van der Waals surface area contributed by atoms with E-state index in [2.05, 4.69) is 43.8 Å². The maximum Gasteiger partial charge on any atom is 0.328 e. The summed E-state index contributed by atoms with van der Waals surface area (Å²) >= 11 is 0. The van der Waals surface area contributed by atoms with Crippen molar-refractivity contribution >= 4 is 17.1 Å². The molecule has 1 aliphatic carbocycles. The zero-order valence-corrected chi connectivity index (χ0v) is 14.5. The van der Waals surface area contributed by atoms with E-state index in [4.69, 9.17) is 0 Å². The highest BCUT2D eigenvalue weighted by Crippen LogP contribution is 2.34. The SMILES string of the molecule is O=c1[nH]c2cnc(NCC3CCNC3)nc2n1[C@@H]1CCc2ccccc21. The molecule has 134 valence electrons. The Hall–Kier alpha value is -2.67. The molecule has 1 unspecified atom stereocenters. The topological polar surface area (TPSA) is 87.6 Å². The van der Waals surface area contributed by atoms with Gasteiger partial charge in [-0.3, -0.25) is 4.57 Å². The Morgan fingerprint density at radius 1 is 1.27 bits per heavy atom. The highest BCUT2D eigenvalue weighted by molar-refractivity contribution is 5.71. The average Bonchev–Trinajstić information content (AvgIpc) is 3.37. The molecule has 1 fully saturated rings. The maximum absolute atomic E-state index is 12.6. The second kappa shape index (κ2) is 6.25. The number of benzene rings is 1. The number of hydrogen-bond acceptors (Lipinski definition) is 5. The van der Waals surface area contributed by atoms with Crippen LogP contribution in [-0.2, 0) is 6.42 Å². The van der Waals surface area contributed by atoms with Crippen LogP contribution in [0.15, 0.2) is 35.3 Å². The van der Waals surface area contributed by atoms with Gasteiger partial charge in [-0.1, -0.05) is 24.3 Å². The first kappa shape index (κ1) is 15.6. The third-order valence-electron chi connectivity index (χ3n) is 5.58. The van der Waals surface area contributed by atoms with Crippen LogP contribution in [-0.4, -0.2) is 39.2 Å². The number of aromatic amines is 1. The molecule has 2 atom stereocenters. The van der Waals surface area contributed by atoms with E-state index in [1.54, 1.807) is 10.8 Å². The molecule has 3 N–H and O–H groups in total. The van der Waals surface area contributed by atoms with Crippen molar-refractivity contribution in [3.63, 3.8) is 0 Å². The van der Waals surface area contributed by atoms with Crippen molar-refractivity contribution in [1.29, 1.82) is 0 Å². The van der Waals surface area contributed by atoms with Crippen molar-refractivity contribution < 1.29 is 0 Å². The minimum Gasteiger partial charge on any atom is -0.354 e. The summed E-state index contributed by atoms with van der Waals surface area (Å²) in [4.78, 5) is 24.6. The Bertz CT molecular complexity index is 1000. The highest BCUT2D eigenvalue weighted by atomic mass is 16.1. The van der Waals surface area contributed by atoms with Crippen molar-refractivity contribution in [3.8, 4) is 0 Å². The van der Waals surface area contributed by atoms with Gasteiger partial charge >= 0.3 is 5.69 Å². The second-order valence-corrected chi connectivity index (χ2v) is 7.22. The van der Waals surface area contributed by atoms with Gasteiger partial charge in [-0.05, 0) is 49.4 Å². The average molecular weight is 350 g/mol. The molecule has 1 aromatic carbocycles. The van der Waals surface area contributed by atoms with Gasteiger partial charge in [0.25, 0.3) is 0 Å². The predicted octanol–water partition coefficient (Wildman–Crippen LogP) is 1.68. The van der Waals surface area contributed by atoms with Crippen molar-refractivity contribution in [2.45, 2.75) is 25.3 Å². The fourth-order valence-electron chi connectivity index (χ4n) is 4.22. The number of aryl methyl sites for hydroxylation is 1. The number of nitrogens with one attached hydrogen (secondary N) is 3. The third kappa shape index (κ3) is 2.59. The molecule has 0 amide bonds. The number of anilines is 1. The van der Waals surface area contributed by atoms with Crippen LogP contribution in [0, 0.1) is 5.92 Å². The predicted molar refractivity (Wildman–Crippen MR) is 101 cm³/mol. The first-order valence-electron chi connectivity index (χ1n) is 9.29. The van der Waals surface area contributed by atoms with Crippen molar-refractivity contribution in [2.24, 2.45) is 5.92 Å². The number of rotatable bonds is 4. The van der Waals surface area contributed by atoms with Gasteiger partial charge in [-0.2, -0.15) is 4.98 Å². The Labute approximate surface area is 150 Å². The molecule has 0 saturated carbocycles. The molecule has 7 nitrogen and oxygen atoms in total. The van der Waals surface area contributed by atoms with E-state index < -0.39 is 0 Å². The molecule has 5 rings (SSSR count). The van der Waals surface area contributed by atoms with Crippen LogP contribution in [0.2, 0.25) is 0 Å². The number of hydrogen-bond donors (Lipinski definition) is 3. The monoisotopic (exact) mass is 350 g/mol. The molecule has 1 saturated heterocycles. The standard InChI is InChI=1S/C19H22N6O/c26-19-23-15-11-22-18(21-10-12-7-8-20-9-12)24-17(15)25(19)16-6-5-13-3-1-2-4-14(13)16/h1-4,11-12,16,20H,5-10H2,(H,23,26)(H,21,22,24)/t12?,16-/m1/s1. The summed E-state index contributed by atoms with van der Waals surface area (Å²) in [6, 6.07) is 8.39. The van der Waals surface area contributed by atoms with Gasteiger partial charge in [0.15, 0.2) is 5.65 Å². The van der Waals surface area contributed by atoms with Crippen molar-refractivity contribution in [3.05, 3.63) is 52.1 Å².